The highest BCUT2D eigenvalue weighted by atomic mass is 16.6. The fourth-order valence-electron chi connectivity index (χ4n) is 4.92. The van der Waals surface area contributed by atoms with Crippen molar-refractivity contribution in [2.24, 2.45) is 0 Å². The first-order valence-corrected chi connectivity index (χ1v) is 14.1. The van der Waals surface area contributed by atoms with Gasteiger partial charge in [-0.1, -0.05) is 62.9 Å². The van der Waals surface area contributed by atoms with Gasteiger partial charge in [-0.05, 0) is 42.7 Å². The number of nitro benzene ring substituents is 1. The largest absolute Gasteiger partial charge is 0.340 e. The van der Waals surface area contributed by atoms with Gasteiger partial charge in [0.15, 0.2) is 0 Å². The van der Waals surface area contributed by atoms with E-state index in [1.807, 2.05) is 42.2 Å². The van der Waals surface area contributed by atoms with Gasteiger partial charge in [-0.25, -0.2) is 0 Å². The number of benzene rings is 2. The van der Waals surface area contributed by atoms with E-state index in [0.717, 1.165) is 24.8 Å². The van der Waals surface area contributed by atoms with Crippen LogP contribution in [0.15, 0.2) is 60.7 Å². The van der Waals surface area contributed by atoms with Gasteiger partial charge in [0.1, 0.15) is 6.04 Å². The molecule has 0 aromatic heterocycles. The minimum atomic E-state index is -0.774. The molecule has 1 N–H and O–H groups in total. The summed E-state index contributed by atoms with van der Waals surface area (Å²) in [6.07, 6.45) is 9.22. The molecule has 1 aliphatic rings. The summed E-state index contributed by atoms with van der Waals surface area (Å²) in [5, 5.41) is 13.7. The molecule has 1 aliphatic heterocycles. The number of carbonyl (C=O) groups excluding carboxylic acids is 3. The predicted molar refractivity (Wildman–Crippen MR) is 155 cm³/mol. The molecule has 1 saturated heterocycles. The van der Waals surface area contributed by atoms with Crippen molar-refractivity contribution in [3.63, 3.8) is 0 Å². The maximum absolute atomic E-state index is 13.6. The normalized spacial score (nSPS) is 16.1. The molecular formula is C31H40N4O5. The minimum absolute atomic E-state index is 0.0295. The molecule has 0 aliphatic carbocycles. The zero-order valence-corrected chi connectivity index (χ0v) is 23.5. The third-order valence-corrected chi connectivity index (χ3v) is 7.18. The van der Waals surface area contributed by atoms with E-state index in [4.69, 9.17) is 0 Å². The number of unbranched alkanes of at least 4 members (excludes halogenated alkanes) is 4. The monoisotopic (exact) mass is 548 g/mol. The summed E-state index contributed by atoms with van der Waals surface area (Å²) in [5.41, 5.74) is 1.52. The first-order chi connectivity index (χ1) is 19.3. The molecule has 1 fully saturated rings. The van der Waals surface area contributed by atoms with Gasteiger partial charge < -0.3 is 15.1 Å². The summed E-state index contributed by atoms with van der Waals surface area (Å²) in [5.74, 6) is -0.473. The van der Waals surface area contributed by atoms with E-state index in [0.29, 0.717) is 38.0 Å². The van der Waals surface area contributed by atoms with Gasteiger partial charge in [0, 0.05) is 56.7 Å². The molecule has 2 aromatic carbocycles. The first kappa shape index (κ1) is 30.5. The highest BCUT2D eigenvalue weighted by Gasteiger charge is 2.33. The number of carbonyl (C=O) groups is 3. The Balaban J connectivity index is 1.62. The summed E-state index contributed by atoms with van der Waals surface area (Å²) in [6.45, 7) is 5.45. The number of nitrogens with zero attached hydrogens (tertiary/aromatic N) is 3. The van der Waals surface area contributed by atoms with E-state index in [1.54, 1.807) is 23.1 Å². The van der Waals surface area contributed by atoms with Crippen molar-refractivity contribution in [2.45, 2.75) is 70.9 Å². The van der Waals surface area contributed by atoms with Crippen molar-refractivity contribution in [1.29, 1.82) is 0 Å². The third-order valence-electron chi connectivity index (χ3n) is 7.18. The second kappa shape index (κ2) is 15.5. The third kappa shape index (κ3) is 9.32. The zero-order chi connectivity index (χ0) is 28.9. The Morgan fingerprint density at radius 2 is 1.73 bits per heavy atom. The molecule has 9 heteroatoms. The fourth-order valence-corrected chi connectivity index (χ4v) is 4.92. The smallest absolute Gasteiger partial charge is 0.269 e. The number of piperazine rings is 1. The maximum Gasteiger partial charge on any atom is 0.269 e. The number of non-ortho nitro benzene ring substituents is 1. The molecular weight excluding hydrogens is 508 g/mol. The predicted octanol–water partition coefficient (Wildman–Crippen LogP) is 4.76. The Morgan fingerprint density at radius 1 is 1.02 bits per heavy atom. The van der Waals surface area contributed by atoms with E-state index in [-0.39, 0.29) is 23.5 Å². The van der Waals surface area contributed by atoms with Gasteiger partial charge in [-0.2, -0.15) is 0 Å². The van der Waals surface area contributed by atoms with E-state index in [9.17, 15) is 24.5 Å². The minimum Gasteiger partial charge on any atom is -0.340 e. The van der Waals surface area contributed by atoms with Crippen LogP contribution < -0.4 is 5.32 Å². The van der Waals surface area contributed by atoms with Crippen molar-refractivity contribution in [3.8, 4) is 0 Å². The van der Waals surface area contributed by atoms with Gasteiger partial charge in [0.25, 0.3) is 5.69 Å². The summed E-state index contributed by atoms with van der Waals surface area (Å²) in [4.78, 5) is 53.2. The van der Waals surface area contributed by atoms with Crippen LogP contribution in [0.5, 0.6) is 0 Å². The molecule has 2 aromatic rings. The average molecular weight is 549 g/mol. The van der Waals surface area contributed by atoms with Crippen LogP contribution in [0.3, 0.4) is 0 Å². The maximum atomic E-state index is 13.6. The second-order valence-electron chi connectivity index (χ2n) is 10.3. The van der Waals surface area contributed by atoms with Gasteiger partial charge in [-0.3, -0.25) is 24.5 Å². The number of nitrogens with one attached hydrogen (secondary N) is 1. The van der Waals surface area contributed by atoms with Gasteiger partial charge >= 0.3 is 0 Å². The van der Waals surface area contributed by atoms with Crippen molar-refractivity contribution < 1.29 is 19.3 Å². The van der Waals surface area contributed by atoms with Gasteiger partial charge in [0.05, 0.1) is 4.92 Å². The Labute approximate surface area is 236 Å². The van der Waals surface area contributed by atoms with Crippen molar-refractivity contribution in [1.82, 2.24) is 15.1 Å². The SMILES string of the molecule is CCCCCCCC(=O)N1CCN(C(=O)C(Cc2ccccc2)NC(=O)C=Cc2ccc([N+](=O)[O-])cc2)CC1C. The van der Waals surface area contributed by atoms with Crippen LogP contribution >= 0.6 is 0 Å². The second-order valence-corrected chi connectivity index (χ2v) is 10.3. The Hall–Kier alpha value is -4.01. The fraction of sp³-hybridized carbons (Fsp3) is 0.452. The van der Waals surface area contributed by atoms with E-state index in [2.05, 4.69) is 12.2 Å². The van der Waals surface area contributed by atoms with Crippen LogP contribution in [0, 0.1) is 10.1 Å². The lowest BCUT2D eigenvalue weighted by atomic mass is 10.0. The van der Waals surface area contributed by atoms with Gasteiger partial charge in [0.2, 0.25) is 17.7 Å². The molecule has 0 spiro atoms. The van der Waals surface area contributed by atoms with Crippen LogP contribution in [0.2, 0.25) is 0 Å². The van der Waals surface area contributed by atoms with E-state index < -0.39 is 16.9 Å². The molecule has 2 unspecified atom stereocenters. The van der Waals surface area contributed by atoms with Crippen LogP contribution in [0.4, 0.5) is 5.69 Å². The summed E-state index contributed by atoms with van der Waals surface area (Å²) in [6, 6.07) is 14.5. The molecule has 0 radical (unpaired) electrons. The molecule has 40 heavy (non-hydrogen) atoms. The molecule has 0 saturated carbocycles. The number of rotatable bonds is 13. The number of hydrogen-bond donors (Lipinski definition) is 1. The number of amides is 3. The molecule has 0 bridgehead atoms. The summed E-state index contributed by atoms with van der Waals surface area (Å²) >= 11 is 0. The quantitative estimate of drug-likeness (QED) is 0.168. The first-order valence-electron chi connectivity index (χ1n) is 14.1. The highest BCUT2D eigenvalue weighted by molar-refractivity contribution is 5.95. The summed E-state index contributed by atoms with van der Waals surface area (Å²) < 4.78 is 0. The lowest BCUT2D eigenvalue weighted by Gasteiger charge is -2.41. The van der Waals surface area contributed by atoms with Crippen LogP contribution in [-0.2, 0) is 20.8 Å². The Morgan fingerprint density at radius 3 is 2.38 bits per heavy atom. The van der Waals surface area contributed by atoms with Crippen molar-refractivity contribution >= 4 is 29.5 Å². The van der Waals surface area contributed by atoms with Crippen molar-refractivity contribution in [2.75, 3.05) is 19.6 Å². The lowest BCUT2D eigenvalue weighted by molar-refractivity contribution is -0.384. The molecule has 3 amide bonds. The molecule has 214 valence electrons. The zero-order valence-electron chi connectivity index (χ0n) is 23.5. The lowest BCUT2D eigenvalue weighted by Crippen LogP contribution is -2.59. The standard InChI is InChI=1S/C31H40N4O5/c1-3-4-5-6-10-13-30(37)34-21-20-33(23-24(34)2)31(38)28(22-26-11-8-7-9-12-26)32-29(36)19-16-25-14-17-27(18-15-25)35(39)40/h7-9,11-12,14-19,24,28H,3-6,10,13,20-23H2,1-2H3,(H,32,36). The van der Waals surface area contributed by atoms with Crippen LogP contribution in [0.1, 0.15) is 63.5 Å². The van der Waals surface area contributed by atoms with Crippen LogP contribution in [-0.4, -0.2) is 64.2 Å². The Bertz CT molecular complexity index is 1170. The summed E-state index contributed by atoms with van der Waals surface area (Å²) in [7, 11) is 0. The topological polar surface area (TPSA) is 113 Å². The number of hydrogen-bond acceptors (Lipinski definition) is 5. The molecule has 1 heterocycles. The highest BCUT2D eigenvalue weighted by Crippen LogP contribution is 2.16. The van der Waals surface area contributed by atoms with E-state index in [1.165, 1.54) is 31.1 Å². The van der Waals surface area contributed by atoms with Gasteiger partial charge in [-0.15, -0.1) is 0 Å². The average Bonchev–Trinajstić information content (AvgIpc) is 2.95. The Kier molecular flexibility index (Phi) is 11.9. The molecule has 2 atom stereocenters. The van der Waals surface area contributed by atoms with Crippen LogP contribution in [0.25, 0.3) is 6.08 Å². The van der Waals surface area contributed by atoms with E-state index >= 15 is 0 Å². The number of nitro groups is 1. The molecule has 9 nitrogen and oxygen atoms in total. The van der Waals surface area contributed by atoms with Crippen molar-refractivity contribution in [3.05, 3.63) is 81.9 Å². The molecule has 3 rings (SSSR count).